The van der Waals surface area contributed by atoms with Crippen LogP contribution in [0.25, 0.3) is 0 Å². The van der Waals surface area contributed by atoms with E-state index in [-0.39, 0.29) is 6.04 Å². The van der Waals surface area contributed by atoms with E-state index in [0.29, 0.717) is 18.0 Å². The molecule has 1 saturated carbocycles. The number of carboxylic acids is 1. The summed E-state index contributed by atoms with van der Waals surface area (Å²) in [6.07, 6.45) is 3.50. The summed E-state index contributed by atoms with van der Waals surface area (Å²) in [5.41, 5.74) is 0.387. The summed E-state index contributed by atoms with van der Waals surface area (Å²) in [4.78, 5) is 13.4. The van der Waals surface area contributed by atoms with Crippen molar-refractivity contribution < 1.29 is 9.90 Å². The normalized spacial score (nSPS) is 35.1. The van der Waals surface area contributed by atoms with Gasteiger partial charge < -0.3 is 10.4 Å². The zero-order chi connectivity index (χ0) is 11.8. The second-order valence-corrected chi connectivity index (χ2v) is 5.86. The molecule has 0 radical (unpaired) electrons. The van der Waals surface area contributed by atoms with Crippen LogP contribution in [0, 0.1) is 5.41 Å². The molecule has 0 bridgehead atoms. The summed E-state index contributed by atoms with van der Waals surface area (Å²) in [5, 5.41) is 12.4. The summed E-state index contributed by atoms with van der Waals surface area (Å²) in [5.74, 6) is -0.683. The van der Waals surface area contributed by atoms with Gasteiger partial charge in [-0.1, -0.05) is 13.8 Å². The minimum Gasteiger partial charge on any atom is -0.480 e. The van der Waals surface area contributed by atoms with Gasteiger partial charge in [-0.05, 0) is 24.7 Å². The zero-order valence-electron chi connectivity index (χ0n) is 10.2. The van der Waals surface area contributed by atoms with Gasteiger partial charge in [0.05, 0.1) is 0 Å². The highest BCUT2D eigenvalue weighted by molar-refractivity contribution is 5.74. The minimum atomic E-state index is -0.683. The predicted molar refractivity (Wildman–Crippen MR) is 62.4 cm³/mol. The number of hydrogen-bond donors (Lipinski definition) is 2. The largest absolute Gasteiger partial charge is 0.480 e. The molecule has 1 aliphatic carbocycles. The van der Waals surface area contributed by atoms with Crippen molar-refractivity contribution in [3.05, 3.63) is 0 Å². The second kappa shape index (κ2) is 4.34. The summed E-state index contributed by atoms with van der Waals surface area (Å²) in [7, 11) is 0. The summed E-state index contributed by atoms with van der Waals surface area (Å²) < 4.78 is 0. The minimum absolute atomic E-state index is 0.326. The molecule has 0 aromatic heterocycles. The molecule has 4 nitrogen and oxygen atoms in total. The van der Waals surface area contributed by atoms with E-state index in [9.17, 15) is 9.90 Å². The van der Waals surface area contributed by atoms with Crippen molar-refractivity contribution >= 4 is 5.97 Å². The van der Waals surface area contributed by atoms with Gasteiger partial charge in [0.25, 0.3) is 0 Å². The third-order valence-electron chi connectivity index (χ3n) is 3.98. The lowest BCUT2D eigenvalue weighted by Crippen LogP contribution is -2.57. The lowest BCUT2D eigenvalue weighted by Gasteiger charge is -2.38. The molecule has 16 heavy (non-hydrogen) atoms. The Morgan fingerprint density at radius 1 is 1.50 bits per heavy atom. The number of hydrogen-bond acceptors (Lipinski definition) is 3. The third-order valence-corrected chi connectivity index (χ3v) is 3.98. The van der Waals surface area contributed by atoms with Crippen molar-refractivity contribution in [3.8, 4) is 0 Å². The van der Waals surface area contributed by atoms with E-state index in [4.69, 9.17) is 0 Å². The first-order valence-electron chi connectivity index (χ1n) is 6.19. The van der Waals surface area contributed by atoms with Gasteiger partial charge in [0.1, 0.15) is 6.04 Å². The molecule has 2 N–H and O–H groups in total. The van der Waals surface area contributed by atoms with Gasteiger partial charge in [-0.2, -0.15) is 0 Å². The Morgan fingerprint density at radius 3 is 2.81 bits per heavy atom. The maximum Gasteiger partial charge on any atom is 0.322 e. The molecule has 0 aromatic rings. The Labute approximate surface area is 97.0 Å². The molecule has 2 fully saturated rings. The van der Waals surface area contributed by atoms with Crippen LogP contribution < -0.4 is 5.32 Å². The van der Waals surface area contributed by atoms with E-state index in [0.717, 1.165) is 25.9 Å². The summed E-state index contributed by atoms with van der Waals surface area (Å²) >= 11 is 0. The molecule has 4 heteroatoms. The van der Waals surface area contributed by atoms with Gasteiger partial charge >= 0.3 is 5.97 Å². The highest BCUT2D eigenvalue weighted by Crippen LogP contribution is 2.40. The van der Waals surface area contributed by atoms with Crippen LogP contribution in [0.4, 0.5) is 0 Å². The van der Waals surface area contributed by atoms with E-state index in [1.807, 2.05) is 0 Å². The van der Waals surface area contributed by atoms with Crippen LogP contribution in [-0.4, -0.2) is 47.7 Å². The molecule has 2 unspecified atom stereocenters. The number of piperazine rings is 1. The van der Waals surface area contributed by atoms with E-state index in [1.165, 1.54) is 6.42 Å². The Kier molecular flexibility index (Phi) is 3.22. The average Bonchev–Trinajstić information content (AvgIpc) is 2.59. The summed E-state index contributed by atoms with van der Waals surface area (Å²) in [6.45, 7) is 6.95. The van der Waals surface area contributed by atoms with Gasteiger partial charge in [-0.25, -0.2) is 0 Å². The number of nitrogens with zero attached hydrogens (tertiary/aromatic N) is 1. The zero-order valence-corrected chi connectivity index (χ0v) is 10.2. The van der Waals surface area contributed by atoms with Crippen molar-refractivity contribution in [1.29, 1.82) is 0 Å². The Bertz CT molecular complexity index is 278. The van der Waals surface area contributed by atoms with Crippen LogP contribution in [-0.2, 0) is 4.79 Å². The van der Waals surface area contributed by atoms with Crippen LogP contribution in [0.3, 0.4) is 0 Å². The molecule has 1 heterocycles. The number of carbonyl (C=O) groups is 1. The molecule has 2 aliphatic rings. The molecule has 1 saturated heterocycles. The predicted octanol–water partition coefficient (Wildman–Crippen LogP) is 0.923. The monoisotopic (exact) mass is 226 g/mol. The van der Waals surface area contributed by atoms with Gasteiger partial charge in [0.2, 0.25) is 0 Å². The molecular formula is C12H22N2O2. The molecule has 2 atom stereocenters. The first kappa shape index (κ1) is 11.9. The lowest BCUT2D eigenvalue weighted by molar-refractivity contribution is -0.145. The first-order chi connectivity index (χ1) is 7.49. The highest BCUT2D eigenvalue weighted by atomic mass is 16.4. The van der Waals surface area contributed by atoms with Crippen molar-refractivity contribution in [3.63, 3.8) is 0 Å². The quantitative estimate of drug-likeness (QED) is 0.735. The van der Waals surface area contributed by atoms with Crippen LogP contribution in [0.5, 0.6) is 0 Å². The number of rotatable bonds is 2. The molecule has 0 spiro atoms. The lowest BCUT2D eigenvalue weighted by atomic mass is 9.91. The average molecular weight is 226 g/mol. The Balaban J connectivity index is 2.04. The van der Waals surface area contributed by atoms with E-state index < -0.39 is 5.97 Å². The van der Waals surface area contributed by atoms with Crippen LogP contribution in [0.1, 0.15) is 33.1 Å². The Hall–Kier alpha value is -0.610. The standard InChI is InChI=1S/C12H22N2O2/c1-12(2)4-3-9(7-12)14-6-5-13-8-10(14)11(15)16/h9-10,13H,3-8H2,1-2H3,(H,15,16). The number of aliphatic carboxylic acids is 1. The van der Waals surface area contributed by atoms with Crippen LogP contribution >= 0.6 is 0 Å². The fourth-order valence-corrected chi connectivity index (χ4v) is 3.07. The smallest absolute Gasteiger partial charge is 0.322 e. The van der Waals surface area contributed by atoms with Gasteiger partial charge in [-0.3, -0.25) is 9.69 Å². The molecule has 0 amide bonds. The van der Waals surface area contributed by atoms with Crippen molar-refractivity contribution in [1.82, 2.24) is 10.2 Å². The first-order valence-corrected chi connectivity index (χ1v) is 6.19. The molecular weight excluding hydrogens is 204 g/mol. The summed E-state index contributed by atoms with van der Waals surface area (Å²) in [6, 6.07) is 0.144. The van der Waals surface area contributed by atoms with Crippen molar-refractivity contribution in [2.75, 3.05) is 19.6 Å². The number of nitrogens with one attached hydrogen (secondary N) is 1. The molecule has 0 aromatic carbocycles. The van der Waals surface area contributed by atoms with E-state index in [2.05, 4.69) is 24.1 Å². The van der Waals surface area contributed by atoms with Gasteiger partial charge in [0, 0.05) is 25.7 Å². The number of carboxylic acid groups (broad SMARTS) is 1. The molecule has 92 valence electrons. The third kappa shape index (κ3) is 2.38. The van der Waals surface area contributed by atoms with Gasteiger partial charge in [0.15, 0.2) is 0 Å². The van der Waals surface area contributed by atoms with Crippen LogP contribution in [0.15, 0.2) is 0 Å². The fourth-order valence-electron chi connectivity index (χ4n) is 3.07. The second-order valence-electron chi connectivity index (χ2n) is 5.86. The SMILES string of the molecule is CC1(C)CCC(N2CCNCC2C(=O)O)C1. The van der Waals surface area contributed by atoms with Crippen LogP contribution in [0.2, 0.25) is 0 Å². The van der Waals surface area contributed by atoms with E-state index in [1.54, 1.807) is 0 Å². The molecule has 1 aliphatic heterocycles. The highest BCUT2D eigenvalue weighted by Gasteiger charge is 2.39. The van der Waals surface area contributed by atoms with Gasteiger partial charge in [-0.15, -0.1) is 0 Å². The van der Waals surface area contributed by atoms with Crippen molar-refractivity contribution in [2.45, 2.75) is 45.2 Å². The maximum absolute atomic E-state index is 11.2. The maximum atomic E-state index is 11.2. The molecule has 2 rings (SSSR count). The topological polar surface area (TPSA) is 52.6 Å². The fraction of sp³-hybridized carbons (Fsp3) is 0.917. The van der Waals surface area contributed by atoms with E-state index >= 15 is 0 Å². The Morgan fingerprint density at radius 2 is 2.25 bits per heavy atom. The van der Waals surface area contributed by atoms with Crippen molar-refractivity contribution in [2.24, 2.45) is 5.41 Å².